The molecule has 0 amide bonds. The molecule has 2 N–H and O–H groups in total. The molecule has 0 aliphatic rings. The van der Waals surface area contributed by atoms with Gasteiger partial charge in [-0.25, -0.2) is 4.98 Å². The van der Waals surface area contributed by atoms with E-state index in [1.165, 1.54) is 24.4 Å². The van der Waals surface area contributed by atoms with Gasteiger partial charge < -0.3 is 10.5 Å². The van der Waals surface area contributed by atoms with Crippen molar-refractivity contribution in [2.45, 2.75) is 12.8 Å². The van der Waals surface area contributed by atoms with Crippen LogP contribution in [0, 0.1) is 0 Å². The Labute approximate surface area is 124 Å². The fraction of sp³-hybridized carbons (Fsp3) is 0.133. The summed E-state index contributed by atoms with van der Waals surface area (Å²) >= 11 is 0. The average Bonchev–Trinajstić information content (AvgIpc) is 2.89. The number of imidazole rings is 1. The van der Waals surface area contributed by atoms with Crippen molar-refractivity contribution in [3.05, 3.63) is 60.0 Å². The number of benzene rings is 1. The van der Waals surface area contributed by atoms with Gasteiger partial charge in [0.05, 0.1) is 23.1 Å². The molecule has 2 aromatic heterocycles. The van der Waals surface area contributed by atoms with Gasteiger partial charge >= 0.3 is 6.18 Å². The zero-order chi connectivity index (χ0) is 15.7. The fourth-order valence-corrected chi connectivity index (χ4v) is 2.17. The highest BCUT2D eigenvalue weighted by Gasteiger charge is 2.34. The van der Waals surface area contributed by atoms with Gasteiger partial charge in [-0.3, -0.25) is 4.40 Å². The second-order valence-electron chi connectivity index (χ2n) is 4.69. The third-order valence-corrected chi connectivity index (χ3v) is 3.21. The van der Waals surface area contributed by atoms with Crippen LogP contribution in [0.3, 0.4) is 0 Å². The topological polar surface area (TPSA) is 52.5 Å². The first-order chi connectivity index (χ1) is 10.5. The molecule has 3 rings (SSSR count). The SMILES string of the molecule is Nc1cccn2c(COc3ccccc3C(F)(F)F)cnc12. The molecule has 3 aromatic rings. The quantitative estimate of drug-likeness (QED) is 0.805. The Morgan fingerprint density at radius 3 is 2.68 bits per heavy atom. The summed E-state index contributed by atoms with van der Waals surface area (Å²) in [6.07, 6.45) is -1.20. The number of nitrogens with zero attached hydrogens (tertiary/aromatic N) is 2. The molecule has 0 saturated heterocycles. The monoisotopic (exact) mass is 307 g/mol. The van der Waals surface area contributed by atoms with E-state index in [1.807, 2.05) is 0 Å². The lowest BCUT2D eigenvalue weighted by molar-refractivity contribution is -0.139. The summed E-state index contributed by atoms with van der Waals surface area (Å²) in [5.41, 5.74) is 6.63. The average molecular weight is 307 g/mol. The number of hydrogen-bond donors (Lipinski definition) is 1. The van der Waals surface area contributed by atoms with Crippen LogP contribution in [0.4, 0.5) is 18.9 Å². The van der Waals surface area contributed by atoms with Gasteiger partial charge in [-0.1, -0.05) is 12.1 Å². The van der Waals surface area contributed by atoms with Gasteiger partial charge in [0.15, 0.2) is 5.65 Å². The lowest BCUT2D eigenvalue weighted by Gasteiger charge is -2.13. The Balaban J connectivity index is 1.88. The Bertz CT molecular complexity index is 811. The zero-order valence-corrected chi connectivity index (χ0v) is 11.3. The number of pyridine rings is 1. The summed E-state index contributed by atoms with van der Waals surface area (Å²) in [5.74, 6) is -0.214. The van der Waals surface area contributed by atoms with E-state index >= 15 is 0 Å². The van der Waals surface area contributed by atoms with Crippen molar-refractivity contribution in [1.29, 1.82) is 0 Å². The van der Waals surface area contributed by atoms with Crippen LogP contribution in [0.2, 0.25) is 0 Å². The minimum Gasteiger partial charge on any atom is -0.487 e. The standard InChI is InChI=1S/C15H12F3N3O/c16-15(17,18)11-4-1-2-6-13(11)22-9-10-8-20-14-12(19)5-3-7-21(10)14/h1-8H,9,19H2. The van der Waals surface area contributed by atoms with Crippen LogP contribution >= 0.6 is 0 Å². The minimum atomic E-state index is -4.46. The number of para-hydroxylation sites is 1. The molecule has 2 heterocycles. The van der Waals surface area contributed by atoms with Gasteiger partial charge in [0.1, 0.15) is 12.4 Å². The lowest BCUT2D eigenvalue weighted by Crippen LogP contribution is -2.09. The van der Waals surface area contributed by atoms with Gasteiger partial charge in [-0.15, -0.1) is 0 Å². The molecule has 0 radical (unpaired) electrons. The number of fused-ring (bicyclic) bond motifs is 1. The van der Waals surface area contributed by atoms with E-state index in [4.69, 9.17) is 10.5 Å². The van der Waals surface area contributed by atoms with E-state index in [-0.39, 0.29) is 12.4 Å². The number of aromatic nitrogens is 2. The molecule has 1 aromatic carbocycles. The van der Waals surface area contributed by atoms with Crippen LogP contribution in [-0.2, 0) is 12.8 Å². The molecule has 0 spiro atoms. The van der Waals surface area contributed by atoms with Crippen LogP contribution in [0.5, 0.6) is 5.75 Å². The van der Waals surface area contributed by atoms with Crippen molar-refractivity contribution in [1.82, 2.24) is 9.38 Å². The van der Waals surface area contributed by atoms with Crippen LogP contribution in [0.15, 0.2) is 48.8 Å². The number of ether oxygens (including phenoxy) is 1. The molecule has 22 heavy (non-hydrogen) atoms. The maximum atomic E-state index is 12.9. The molecular weight excluding hydrogens is 295 g/mol. The normalized spacial score (nSPS) is 11.8. The van der Waals surface area contributed by atoms with Crippen molar-refractivity contribution in [2.24, 2.45) is 0 Å². The van der Waals surface area contributed by atoms with Crippen molar-refractivity contribution in [3.63, 3.8) is 0 Å². The van der Waals surface area contributed by atoms with Crippen molar-refractivity contribution in [3.8, 4) is 5.75 Å². The van der Waals surface area contributed by atoms with Crippen molar-refractivity contribution >= 4 is 11.3 Å². The molecule has 0 atom stereocenters. The largest absolute Gasteiger partial charge is 0.487 e. The van der Waals surface area contributed by atoms with E-state index in [9.17, 15) is 13.2 Å². The van der Waals surface area contributed by atoms with Crippen LogP contribution in [-0.4, -0.2) is 9.38 Å². The minimum absolute atomic E-state index is 0.0439. The van der Waals surface area contributed by atoms with E-state index in [0.29, 0.717) is 17.0 Å². The molecule has 0 saturated carbocycles. The zero-order valence-electron chi connectivity index (χ0n) is 11.3. The summed E-state index contributed by atoms with van der Waals surface area (Å²) < 4.78 is 45.7. The van der Waals surface area contributed by atoms with Crippen LogP contribution in [0.1, 0.15) is 11.3 Å². The van der Waals surface area contributed by atoms with Gasteiger partial charge in [0.2, 0.25) is 0 Å². The third kappa shape index (κ3) is 2.57. The highest BCUT2D eigenvalue weighted by Crippen LogP contribution is 2.36. The Morgan fingerprint density at radius 2 is 1.91 bits per heavy atom. The molecular formula is C15H12F3N3O. The fourth-order valence-electron chi connectivity index (χ4n) is 2.17. The molecule has 0 unspecified atom stereocenters. The maximum absolute atomic E-state index is 12.9. The third-order valence-electron chi connectivity index (χ3n) is 3.21. The first-order valence-corrected chi connectivity index (χ1v) is 6.46. The van der Waals surface area contributed by atoms with E-state index in [0.717, 1.165) is 6.07 Å². The second kappa shape index (κ2) is 5.25. The number of anilines is 1. The maximum Gasteiger partial charge on any atom is 0.419 e. The van der Waals surface area contributed by atoms with E-state index in [2.05, 4.69) is 4.98 Å². The Hall–Kier alpha value is -2.70. The van der Waals surface area contributed by atoms with Crippen LogP contribution < -0.4 is 10.5 Å². The first-order valence-electron chi connectivity index (χ1n) is 6.46. The number of alkyl halides is 3. The number of nitrogen functional groups attached to an aromatic ring is 1. The number of rotatable bonds is 3. The highest BCUT2D eigenvalue weighted by atomic mass is 19.4. The van der Waals surface area contributed by atoms with Gasteiger partial charge in [-0.2, -0.15) is 13.2 Å². The predicted molar refractivity (Wildman–Crippen MR) is 75.4 cm³/mol. The molecule has 0 aliphatic carbocycles. The molecule has 114 valence electrons. The van der Waals surface area contributed by atoms with Crippen molar-refractivity contribution in [2.75, 3.05) is 5.73 Å². The van der Waals surface area contributed by atoms with Crippen molar-refractivity contribution < 1.29 is 17.9 Å². The number of nitrogens with two attached hydrogens (primary N) is 1. The second-order valence-corrected chi connectivity index (χ2v) is 4.69. The van der Waals surface area contributed by atoms with Gasteiger partial charge in [-0.05, 0) is 24.3 Å². The highest BCUT2D eigenvalue weighted by molar-refractivity contribution is 5.64. The van der Waals surface area contributed by atoms with E-state index < -0.39 is 11.7 Å². The number of hydrogen-bond acceptors (Lipinski definition) is 3. The predicted octanol–water partition coefficient (Wildman–Crippen LogP) is 3.51. The van der Waals surface area contributed by atoms with Gasteiger partial charge in [0, 0.05) is 6.20 Å². The number of halogens is 3. The molecule has 0 bridgehead atoms. The smallest absolute Gasteiger partial charge is 0.419 e. The van der Waals surface area contributed by atoms with E-state index in [1.54, 1.807) is 22.7 Å². The molecule has 0 aliphatic heterocycles. The first kappa shape index (κ1) is 14.2. The van der Waals surface area contributed by atoms with Crippen LogP contribution in [0.25, 0.3) is 5.65 Å². The summed E-state index contributed by atoms with van der Waals surface area (Å²) in [6.45, 7) is -0.0439. The summed E-state index contributed by atoms with van der Waals surface area (Å²) in [4.78, 5) is 4.14. The Kier molecular flexibility index (Phi) is 3.40. The summed E-state index contributed by atoms with van der Waals surface area (Å²) in [6, 6.07) is 8.53. The van der Waals surface area contributed by atoms with Gasteiger partial charge in [0.25, 0.3) is 0 Å². The lowest BCUT2D eigenvalue weighted by atomic mass is 10.2. The molecule has 0 fully saturated rings. The Morgan fingerprint density at radius 1 is 1.14 bits per heavy atom. The summed E-state index contributed by atoms with van der Waals surface area (Å²) in [5, 5.41) is 0. The summed E-state index contributed by atoms with van der Waals surface area (Å²) in [7, 11) is 0. The molecule has 7 heteroatoms. The molecule has 4 nitrogen and oxygen atoms in total.